The standard InChI is InChI=1S/C17H25NO/c1-12-5-4-7-14(11-12)17(19)16-10-9-13-6-2-3-8-15(13)18-16/h2-3,6,8,12,14,16-19H,4-5,7,9-11H2,1H3. The molecular formula is C17H25NO. The smallest absolute Gasteiger partial charge is 0.0769 e. The molecule has 0 aromatic heterocycles. The number of aliphatic hydroxyl groups is 1. The zero-order valence-electron chi connectivity index (χ0n) is 11.8. The van der Waals surface area contributed by atoms with Crippen LogP contribution in [0.3, 0.4) is 0 Å². The van der Waals surface area contributed by atoms with Gasteiger partial charge in [0.15, 0.2) is 0 Å². The predicted octanol–water partition coefficient (Wildman–Crippen LogP) is 3.60. The molecule has 0 radical (unpaired) electrons. The van der Waals surface area contributed by atoms with Gasteiger partial charge in [-0.05, 0) is 49.1 Å². The molecule has 2 N–H and O–H groups in total. The van der Waals surface area contributed by atoms with Crippen LogP contribution in [0, 0.1) is 11.8 Å². The molecule has 4 atom stereocenters. The van der Waals surface area contributed by atoms with E-state index in [9.17, 15) is 5.11 Å². The molecule has 2 nitrogen and oxygen atoms in total. The van der Waals surface area contributed by atoms with Gasteiger partial charge in [0.2, 0.25) is 0 Å². The van der Waals surface area contributed by atoms with Gasteiger partial charge in [-0.15, -0.1) is 0 Å². The summed E-state index contributed by atoms with van der Waals surface area (Å²) in [5.74, 6) is 1.27. The highest BCUT2D eigenvalue weighted by molar-refractivity contribution is 5.53. The molecule has 0 bridgehead atoms. The van der Waals surface area contributed by atoms with Crippen molar-refractivity contribution in [1.82, 2.24) is 0 Å². The molecule has 4 unspecified atom stereocenters. The van der Waals surface area contributed by atoms with Gasteiger partial charge in [-0.1, -0.05) is 38.0 Å². The Morgan fingerprint density at radius 2 is 2.05 bits per heavy atom. The summed E-state index contributed by atoms with van der Waals surface area (Å²) < 4.78 is 0. The lowest BCUT2D eigenvalue weighted by Gasteiger charge is -2.37. The van der Waals surface area contributed by atoms with Gasteiger partial charge in [0.25, 0.3) is 0 Å². The molecule has 0 amide bonds. The number of para-hydroxylation sites is 1. The summed E-state index contributed by atoms with van der Waals surface area (Å²) in [6.07, 6.45) is 6.98. The Hall–Kier alpha value is -1.02. The van der Waals surface area contributed by atoms with Crippen LogP contribution in [0.5, 0.6) is 0 Å². The number of aryl methyl sites for hydroxylation is 1. The van der Waals surface area contributed by atoms with Crippen molar-refractivity contribution in [2.75, 3.05) is 5.32 Å². The van der Waals surface area contributed by atoms with Gasteiger partial charge in [0, 0.05) is 5.69 Å². The van der Waals surface area contributed by atoms with Crippen molar-refractivity contribution in [3.63, 3.8) is 0 Å². The SMILES string of the molecule is CC1CCCC(C(O)C2CCc3ccccc3N2)C1. The van der Waals surface area contributed by atoms with Crippen LogP contribution in [0.2, 0.25) is 0 Å². The van der Waals surface area contributed by atoms with Crippen LogP contribution < -0.4 is 5.32 Å². The molecule has 1 aliphatic carbocycles. The Labute approximate surface area is 116 Å². The molecule has 1 heterocycles. The molecule has 1 fully saturated rings. The van der Waals surface area contributed by atoms with Gasteiger partial charge in [-0.25, -0.2) is 0 Å². The Balaban J connectivity index is 1.67. The third-order valence-electron chi connectivity index (χ3n) is 4.96. The number of nitrogens with one attached hydrogen (secondary N) is 1. The number of aliphatic hydroxyl groups excluding tert-OH is 1. The number of hydrogen-bond donors (Lipinski definition) is 2. The third-order valence-corrected chi connectivity index (χ3v) is 4.96. The van der Waals surface area contributed by atoms with E-state index in [1.807, 2.05) is 0 Å². The minimum Gasteiger partial charge on any atom is -0.391 e. The molecule has 104 valence electrons. The summed E-state index contributed by atoms with van der Waals surface area (Å²) in [6.45, 7) is 2.32. The molecule has 2 heteroatoms. The molecule has 0 spiro atoms. The summed E-state index contributed by atoms with van der Waals surface area (Å²) in [6, 6.07) is 8.74. The second-order valence-electron chi connectivity index (χ2n) is 6.47. The zero-order valence-corrected chi connectivity index (χ0v) is 11.8. The highest BCUT2D eigenvalue weighted by atomic mass is 16.3. The largest absolute Gasteiger partial charge is 0.391 e. The summed E-state index contributed by atoms with van der Waals surface area (Å²) in [7, 11) is 0. The number of hydrogen-bond acceptors (Lipinski definition) is 2. The fourth-order valence-corrected chi connectivity index (χ4v) is 3.84. The summed E-state index contributed by atoms with van der Waals surface area (Å²) >= 11 is 0. The maximum Gasteiger partial charge on any atom is 0.0769 e. The predicted molar refractivity (Wildman–Crippen MR) is 79.3 cm³/mol. The summed E-state index contributed by atoms with van der Waals surface area (Å²) in [4.78, 5) is 0. The lowest BCUT2D eigenvalue weighted by Crippen LogP contribution is -2.42. The normalized spacial score (nSPS) is 32.2. The topological polar surface area (TPSA) is 32.3 Å². The zero-order chi connectivity index (χ0) is 13.2. The Morgan fingerprint density at radius 3 is 2.89 bits per heavy atom. The summed E-state index contributed by atoms with van der Waals surface area (Å²) in [5, 5.41) is 14.2. The van der Waals surface area contributed by atoms with Crippen molar-refractivity contribution >= 4 is 5.69 Å². The van der Waals surface area contributed by atoms with Gasteiger partial charge in [0.05, 0.1) is 12.1 Å². The van der Waals surface area contributed by atoms with Crippen LogP contribution in [0.4, 0.5) is 5.69 Å². The average Bonchev–Trinajstić information content (AvgIpc) is 2.46. The molecule has 0 saturated heterocycles. The first kappa shape index (κ1) is 13.0. The maximum absolute atomic E-state index is 10.7. The maximum atomic E-state index is 10.7. The van der Waals surface area contributed by atoms with Crippen molar-refractivity contribution in [3.8, 4) is 0 Å². The average molecular weight is 259 g/mol. The molecule has 1 aromatic rings. The molecular weight excluding hydrogens is 234 g/mol. The van der Waals surface area contributed by atoms with Crippen LogP contribution in [-0.2, 0) is 6.42 Å². The van der Waals surface area contributed by atoms with Gasteiger partial charge in [-0.3, -0.25) is 0 Å². The van der Waals surface area contributed by atoms with Crippen molar-refractivity contribution in [2.24, 2.45) is 11.8 Å². The fraction of sp³-hybridized carbons (Fsp3) is 0.647. The summed E-state index contributed by atoms with van der Waals surface area (Å²) in [5.41, 5.74) is 2.62. The highest BCUT2D eigenvalue weighted by Crippen LogP contribution is 2.35. The fourth-order valence-electron chi connectivity index (χ4n) is 3.84. The minimum atomic E-state index is -0.184. The first-order valence-corrected chi connectivity index (χ1v) is 7.76. The minimum absolute atomic E-state index is 0.184. The van der Waals surface area contributed by atoms with E-state index in [1.165, 1.54) is 36.9 Å². The molecule has 2 aliphatic rings. The molecule has 19 heavy (non-hydrogen) atoms. The van der Waals surface area contributed by atoms with Gasteiger partial charge in [0.1, 0.15) is 0 Å². The van der Waals surface area contributed by atoms with Gasteiger partial charge >= 0.3 is 0 Å². The highest BCUT2D eigenvalue weighted by Gasteiger charge is 2.32. The lowest BCUT2D eigenvalue weighted by molar-refractivity contribution is 0.0533. The Kier molecular flexibility index (Phi) is 3.79. The first-order valence-electron chi connectivity index (χ1n) is 7.76. The van der Waals surface area contributed by atoms with E-state index in [0.29, 0.717) is 5.92 Å². The third kappa shape index (κ3) is 2.79. The molecule has 1 saturated carbocycles. The monoisotopic (exact) mass is 259 g/mol. The van der Waals surface area contributed by atoms with Gasteiger partial charge < -0.3 is 10.4 Å². The van der Waals surface area contributed by atoms with E-state index >= 15 is 0 Å². The van der Waals surface area contributed by atoms with Crippen LogP contribution >= 0.6 is 0 Å². The first-order chi connectivity index (χ1) is 9.24. The van der Waals surface area contributed by atoms with Crippen molar-refractivity contribution < 1.29 is 5.11 Å². The number of rotatable bonds is 2. The van der Waals surface area contributed by atoms with E-state index in [2.05, 4.69) is 36.5 Å². The van der Waals surface area contributed by atoms with E-state index in [-0.39, 0.29) is 12.1 Å². The number of fused-ring (bicyclic) bond motifs is 1. The van der Waals surface area contributed by atoms with Gasteiger partial charge in [-0.2, -0.15) is 0 Å². The van der Waals surface area contributed by atoms with E-state index in [1.54, 1.807) is 0 Å². The van der Waals surface area contributed by atoms with E-state index < -0.39 is 0 Å². The molecule has 3 rings (SSSR count). The Bertz CT molecular complexity index is 431. The number of anilines is 1. The van der Waals surface area contributed by atoms with Crippen molar-refractivity contribution in [3.05, 3.63) is 29.8 Å². The van der Waals surface area contributed by atoms with Crippen LogP contribution in [-0.4, -0.2) is 17.3 Å². The second kappa shape index (κ2) is 5.54. The second-order valence-corrected chi connectivity index (χ2v) is 6.47. The molecule has 1 aliphatic heterocycles. The Morgan fingerprint density at radius 1 is 1.21 bits per heavy atom. The van der Waals surface area contributed by atoms with E-state index in [0.717, 1.165) is 18.8 Å². The van der Waals surface area contributed by atoms with E-state index in [4.69, 9.17) is 0 Å². The quantitative estimate of drug-likeness (QED) is 0.850. The van der Waals surface area contributed by atoms with Crippen LogP contribution in [0.1, 0.15) is 44.6 Å². The molecule has 1 aromatic carbocycles. The van der Waals surface area contributed by atoms with Crippen LogP contribution in [0.25, 0.3) is 0 Å². The van der Waals surface area contributed by atoms with Crippen LogP contribution in [0.15, 0.2) is 24.3 Å². The van der Waals surface area contributed by atoms with Crippen molar-refractivity contribution in [1.29, 1.82) is 0 Å². The number of benzene rings is 1. The van der Waals surface area contributed by atoms with Crippen molar-refractivity contribution in [2.45, 2.75) is 57.6 Å². The lowest BCUT2D eigenvalue weighted by atomic mass is 9.76.